The highest BCUT2D eigenvalue weighted by atomic mass is 19.4. The van der Waals surface area contributed by atoms with Gasteiger partial charge in [0.2, 0.25) is 5.95 Å². The Morgan fingerprint density at radius 3 is 2.69 bits per heavy atom. The maximum absolute atomic E-state index is 12.1. The molecular formula is C8H10F3N5. The molecule has 0 aliphatic heterocycles. The van der Waals surface area contributed by atoms with E-state index in [2.05, 4.69) is 9.97 Å². The van der Waals surface area contributed by atoms with Crippen LogP contribution in [0, 0.1) is 5.41 Å². The molecule has 8 heteroatoms. The van der Waals surface area contributed by atoms with Crippen molar-refractivity contribution in [3.8, 4) is 0 Å². The maximum Gasteiger partial charge on any atom is 0.406 e. The van der Waals surface area contributed by atoms with E-state index in [-0.39, 0.29) is 17.5 Å². The van der Waals surface area contributed by atoms with Crippen LogP contribution in [-0.4, -0.2) is 35.6 Å². The van der Waals surface area contributed by atoms with Crippen LogP contribution in [0.4, 0.5) is 19.1 Å². The van der Waals surface area contributed by atoms with Gasteiger partial charge < -0.3 is 10.6 Å². The average molecular weight is 233 g/mol. The van der Waals surface area contributed by atoms with Crippen LogP contribution in [0.2, 0.25) is 0 Å². The Kier molecular flexibility index (Phi) is 3.31. The van der Waals surface area contributed by atoms with Gasteiger partial charge in [-0.1, -0.05) is 0 Å². The van der Waals surface area contributed by atoms with E-state index in [0.29, 0.717) is 0 Å². The number of alkyl halides is 3. The van der Waals surface area contributed by atoms with E-state index in [9.17, 15) is 13.2 Å². The normalized spacial score (nSPS) is 11.2. The Morgan fingerprint density at radius 2 is 2.19 bits per heavy atom. The number of hydrogen-bond donors (Lipinski definition) is 2. The Balaban J connectivity index is 2.87. The SMILES string of the molecule is CN(CC(F)(F)F)c1nccc(C(=N)N)n1. The van der Waals surface area contributed by atoms with Crippen LogP contribution in [0.5, 0.6) is 0 Å². The van der Waals surface area contributed by atoms with Crippen LogP contribution in [0.15, 0.2) is 12.3 Å². The molecule has 0 saturated heterocycles. The van der Waals surface area contributed by atoms with E-state index in [1.54, 1.807) is 0 Å². The van der Waals surface area contributed by atoms with Gasteiger partial charge in [0.1, 0.15) is 18.1 Å². The van der Waals surface area contributed by atoms with Crippen LogP contribution >= 0.6 is 0 Å². The molecule has 3 N–H and O–H groups in total. The van der Waals surface area contributed by atoms with Gasteiger partial charge in [0.05, 0.1) is 0 Å². The first-order valence-corrected chi connectivity index (χ1v) is 4.25. The van der Waals surface area contributed by atoms with Crippen molar-refractivity contribution in [2.45, 2.75) is 6.18 Å². The standard InChI is InChI=1S/C8H10F3N5/c1-16(4-8(9,10)11)7-14-3-2-5(15-7)6(12)13/h2-3H,4H2,1H3,(H3,12,13). The molecule has 0 spiro atoms. The zero-order chi connectivity index (χ0) is 12.3. The molecule has 0 aliphatic rings. The summed E-state index contributed by atoms with van der Waals surface area (Å²) in [6.07, 6.45) is -3.07. The summed E-state index contributed by atoms with van der Waals surface area (Å²) >= 11 is 0. The van der Waals surface area contributed by atoms with Crippen molar-refractivity contribution < 1.29 is 13.2 Å². The molecule has 0 saturated carbocycles. The zero-order valence-electron chi connectivity index (χ0n) is 8.41. The van der Waals surface area contributed by atoms with Crippen molar-refractivity contribution in [2.24, 2.45) is 5.73 Å². The highest BCUT2D eigenvalue weighted by molar-refractivity contribution is 5.93. The molecule has 0 unspecified atom stereocenters. The second-order valence-electron chi connectivity index (χ2n) is 3.13. The van der Waals surface area contributed by atoms with Gasteiger partial charge in [0.25, 0.3) is 0 Å². The van der Waals surface area contributed by atoms with Gasteiger partial charge in [0, 0.05) is 13.2 Å². The molecule has 0 aromatic carbocycles. The zero-order valence-corrected chi connectivity index (χ0v) is 8.41. The summed E-state index contributed by atoms with van der Waals surface area (Å²) in [4.78, 5) is 8.23. The number of anilines is 1. The largest absolute Gasteiger partial charge is 0.406 e. The van der Waals surface area contributed by atoms with Crippen LogP contribution in [-0.2, 0) is 0 Å². The predicted molar refractivity (Wildman–Crippen MR) is 52.4 cm³/mol. The van der Waals surface area contributed by atoms with Gasteiger partial charge in [-0.05, 0) is 6.07 Å². The molecule has 0 aliphatic carbocycles. The van der Waals surface area contributed by atoms with Gasteiger partial charge in [-0.25, -0.2) is 9.97 Å². The molecule has 0 atom stereocenters. The lowest BCUT2D eigenvalue weighted by Gasteiger charge is -2.18. The molecule has 0 fully saturated rings. The first-order valence-electron chi connectivity index (χ1n) is 4.25. The van der Waals surface area contributed by atoms with E-state index in [4.69, 9.17) is 11.1 Å². The van der Waals surface area contributed by atoms with E-state index >= 15 is 0 Å². The molecule has 1 aromatic heterocycles. The number of nitrogens with one attached hydrogen (secondary N) is 1. The Hall–Kier alpha value is -1.86. The minimum absolute atomic E-state index is 0.0963. The number of nitrogen functional groups attached to an aromatic ring is 1. The van der Waals surface area contributed by atoms with Gasteiger partial charge in [-0.3, -0.25) is 5.41 Å². The van der Waals surface area contributed by atoms with Crippen LogP contribution < -0.4 is 10.6 Å². The van der Waals surface area contributed by atoms with Crippen LogP contribution in [0.1, 0.15) is 5.69 Å². The second-order valence-corrected chi connectivity index (χ2v) is 3.13. The monoisotopic (exact) mass is 233 g/mol. The highest BCUT2D eigenvalue weighted by Gasteiger charge is 2.30. The van der Waals surface area contributed by atoms with Crippen molar-refractivity contribution in [1.29, 1.82) is 5.41 Å². The van der Waals surface area contributed by atoms with Crippen molar-refractivity contribution in [3.05, 3.63) is 18.0 Å². The molecule has 0 bridgehead atoms. The molecule has 1 aromatic rings. The third-order valence-electron chi connectivity index (χ3n) is 1.68. The summed E-state index contributed by atoms with van der Waals surface area (Å²) < 4.78 is 36.3. The fraction of sp³-hybridized carbons (Fsp3) is 0.375. The smallest absolute Gasteiger partial charge is 0.382 e. The highest BCUT2D eigenvalue weighted by Crippen LogP contribution is 2.18. The topological polar surface area (TPSA) is 78.9 Å². The van der Waals surface area contributed by atoms with Gasteiger partial charge in [-0.2, -0.15) is 13.2 Å². The van der Waals surface area contributed by atoms with Gasteiger partial charge >= 0.3 is 6.18 Å². The third-order valence-corrected chi connectivity index (χ3v) is 1.68. The lowest BCUT2D eigenvalue weighted by atomic mass is 10.4. The number of aromatic nitrogens is 2. The van der Waals surface area contributed by atoms with Gasteiger partial charge in [-0.15, -0.1) is 0 Å². The first-order chi connectivity index (χ1) is 7.29. The molecule has 88 valence electrons. The number of nitrogens with two attached hydrogens (primary N) is 1. The molecule has 1 rings (SSSR count). The predicted octanol–water partition coefficient (Wildman–Crippen LogP) is 0.759. The average Bonchev–Trinajstić information content (AvgIpc) is 2.15. The quantitative estimate of drug-likeness (QED) is 0.596. The number of nitrogens with zero attached hydrogens (tertiary/aromatic N) is 3. The maximum atomic E-state index is 12.1. The fourth-order valence-corrected chi connectivity index (χ4v) is 1.02. The fourth-order valence-electron chi connectivity index (χ4n) is 1.02. The summed E-state index contributed by atoms with van der Waals surface area (Å²) in [5.41, 5.74) is 5.26. The first kappa shape index (κ1) is 12.2. The molecule has 5 nitrogen and oxygen atoms in total. The number of hydrogen-bond acceptors (Lipinski definition) is 4. The number of halogens is 3. The lowest BCUT2D eigenvalue weighted by molar-refractivity contribution is -0.119. The Bertz CT molecular complexity index is 390. The third kappa shape index (κ3) is 3.37. The second kappa shape index (κ2) is 4.33. The number of amidine groups is 1. The summed E-state index contributed by atoms with van der Waals surface area (Å²) in [5.74, 6) is -0.436. The van der Waals surface area contributed by atoms with E-state index in [1.807, 2.05) is 0 Å². The van der Waals surface area contributed by atoms with E-state index in [1.165, 1.54) is 19.3 Å². The minimum Gasteiger partial charge on any atom is -0.382 e. The molecule has 0 radical (unpaired) electrons. The van der Waals surface area contributed by atoms with Crippen molar-refractivity contribution in [2.75, 3.05) is 18.5 Å². The van der Waals surface area contributed by atoms with Crippen molar-refractivity contribution in [3.63, 3.8) is 0 Å². The summed E-state index contributed by atoms with van der Waals surface area (Å²) in [5, 5.41) is 7.10. The van der Waals surface area contributed by atoms with Crippen molar-refractivity contribution in [1.82, 2.24) is 9.97 Å². The van der Waals surface area contributed by atoms with Crippen molar-refractivity contribution >= 4 is 11.8 Å². The van der Waals surface area contributed by atoms with E-state index < -0.39 is 12.7 Å². The number of rotatable bonds is 3. The summed E-state index contributed by atoms with van der Waals surface area (Å²) in [7, 11) is 1.22. The molecule has 1 heterocycles. The molecule has 16 heavy (non-hydrogen) atoms. The van der Waals surface area contributed by atoms with Gasteiger partial charge in [0.15, 0.2) is 0 Å². The molecular weight excluding hydrogens is 223 g/mol. The Morgan fingerprint density at radius 1 is 1.56 bits per heavy atom. The molecule has 0 amide bonds. The van der Waals surface area contributed by atoms with Crippen LogP contribution in [0.25, 0.3) is 0 Å². The lowest BCUT2D eigenvalue weighted by Crippen LogP contribution is -2.32. The van der Waals surface area contributed by atoms with Crippen LogP contribution in [0.3, 0.4) is 0 Å². The van der Waals surface area contributed by atoms with E-state index in [0.717, 1.165) is 4.90 Å². The summed E-state index contributed by atoms with van der Waals surface area (Å²) in [6.45, 7) is -1.16. The summed E-state index contributed by atoms with van der Waals surface area (Å²) in [6, 6.07) is 1.35. The minimum atomic E-state index is -4.33. The Labute approximate surface area is 89.6 Å².